The summed E-state index contributed by atoms with van der Waals surface area (Å²) in [7, 11) is -3.18. The second kappa shape index (κ2) is 6.21. The molecule has 1 unspecified atom stereocenters. The fraction of sp³-hybridized carbons (Fsp3) is 0.444. The number of carbonyl (C=O) groups excluding carboxylic acids is 1. The van der Waals surface area contributed by atoms with Gasteiger partial charge in [-0.05, 0) is 24.7 Å². The van der Waals surface area contributed by atoms with Crippen molar-refractivity contribution in [1.29, 1.82) is 0 Å². The van der Waals surface area contributed by atoms with Crippen LogP contribution in [-0.4, -0.2) is 54.8 Å². The molecule has 2 N–H and O–H groups in total. The summed E-state index contributed by atoms with van der Waals surface area (Å²) in [5.41, 5.74) is 2.27. The summed E-state index contributed by atoms with van der Waals surface area (Å²) in [6.45, 7) is 1.28. The van der Waals surface area contributed by atoms with Crippen molar-refractivity contribution in [3.8, 4) is 11.3 Å². The molecule has 1 saturated heterocycles. The van der Waals surface area contributed by atoms with Crippen LogP contribution in [0.25, 0.3) is 11.3 Å². The van der Waals surface area contributed by atoms with Crippen molar-refractivity contribution in [2.75, 3.05) is 19.3 Å². The zero-order valence-corrected chi connectivity index (χ0v) is 15.4. The standard InChI is InChI=1S/C18H22N4O3S/c1-26(24,25)21-15-11-18(15)7-9-22(10-8-18)17(23)14-12-19-20-16(14)13-5-3-2-4-6-13/h2-6,12,15,21H,7-11H2,1H3,(H,19,20). The van der Waals surface area contributed by atoms with E-state index in [1.165, 1.54) is 6.26 Å². The maximum absolute atomic E-state index is 13.0. The minimum atomic E-state index is -3.18. The number of H-pyrrole nitrogens is 1. The van der Waals surface area contributed by atoms with Crippen LogP contribution >= 0.6 is 0 Å². The van der Waals surface area contributed by atoms with E-state index >= 15 is 0 Å². The first-order valence-electron chi connectivity index (χ1n) is 8.73. The highest BCUT2D eigenvalue weighted by Gasteiger charge is 2.56. The fourth-order valence-corrected chi connectivity index (χ4v) is 4.77. The highest BCUT2D eigenvalue weighted by Crippen LogP contribution is 2.54. The van der Waals surface area contributed by atoms with E-state index < -0.39 is 10.0 Å². The Balaban J connectivity index is 1.44. The van der Waals surface area contributed by atoms with Gasteiger partial charge in [-0.25, -0.2) is 13.1 Å². The van der Waals surface area contributed by atoms with Gasteiger partial charge in [-0.2, -0.15) is 5.10 Å². The highest BCUT2D eigenvalue weighted by atomic mass is 32.2. The number of nitrogens with one attached hydrogen (secondary N) is 2. The van der Waals surface area contributed by atoms with Crippen molar-refractivity contribution in [2.45, 2.75) is 25.3 Å². The van der Waals surface area contributed by atoms with Crippen LogP contribution in [0.15, 0.2) is 36.5 Å². The number of carbonyl (C=O) groups is 1. The molecule has 1 amide bonds. The molecule has 138 valence electrons. The SMILES string of the molecule is CS(=O)(=O)NC1CC12CCN(C(=O)c1cn[nH]c1-c1ccccc1)CC2. The molecule has 8 heteroatoms. The van der Waals surface area contributed by atoms with Gasteiger partial charge in [0.2, 0.25) is 10.0 Å². The van der Waals surface area contributed by atoms with Gasteiger partial charge >= 0.3 is 0 Å². The summed E-state index contributed by atoms with van der Waals surface area (Å²) in [5.74, 6) is -0.0271. The molecule has 2 heterocycles. The Morgan fingerprint density at radius 2 is 1.96 bits per heavy atom. The molecule has 1 aromatic carbocycles. The maximum atomic E-state index is 13.0. The summed E-state index contributed by atoms with van der Waals surface area (Å²) >= 11 is 0. The largest absolute Gasteiger partial charge is 0.338 e. The Bertz CT molecular complexity index is 915. The third-order valence-electron chi connectivity index (χ3n) is 5.52. The number of sulfonamides is 1. The molecule has 2 aromatic rings. The number of hydrogen-bond acceptors (Lipinski definition) is 4. The number of amides is 1. The Kier molecular flexibility index (Phi) is 4.11. The molecule has 1 aromatic heterocycles. The second-order valence-electron chi connectivity index (χ2n) is 7.33. The van der Waals surface area contributed by atoms with Gasteiger partial charge in [0.1, 0.15) is 0 Å². The van der Waals surface area contributed by atoms with Crippen LogP contribution in [0.4, 0.5) is 0 Å². The topological polar surface area (TPSA) is 95.2 Å². The molecule has 0 bridgehead atoms. The molecule has 2 fully saturated rings. The van der Waals surface area contributed by atoms with Gasteiger partial charge in [-0.15, -0.1) is 0 Å². The molecule has 1 atom stereocenters. The Hall–Kier alpha value is -2.19. The third-order valence-corrected chi connectivity index (χ3v) is 6.24. The lowest BCUT2D eigenvalue weighted by Crippen LogP contribution is -2.41. The molecule has 1 aliphatic heterocycles. The fourth-order valence-electron chi connectivity index (χ4n) is 3.92. The molecule has 26 heavy (non-hydrogen) atoms. The van der Waals surface area contributed by atoms with E-state index in [-0.39, 0.29) is 17.4 Å². The summed E-state index contributed by atoms with van der Waals surface area (Å²) in [5, 5.41) is 6.99. The lowest BCUT2D eigenvalue weighted by molar-refractivity contribution is 0.0675. The van der Waals surface area contributed by atoms with Crippen LogP contribution in [0.2, 0.25) is 0 Å². The average Bonchev–Trinajstić information content (AvgIpc) is 3.05. The number of likely N-dealkylation sites (tertiary alicyclic amines) is 1. The van der Waals surface area contributed by atoms with Gasteiger partial charge in [0.05, 0.1) is 23.7 Å². The van der Waals surface area contributed by atoms with Crippen LogP contribution in [0.1, 0.15) is 29.6 Å². The molecule has 2 aliphatic rings. The summed E-state index contributed by atoms with van der Waals surface area (Å²) in [6, 6.07) is 9.70. The van der Waals surface area contributed by atoms with Gasteiger partial charge in [0, 0.05) is 24.7 Å². The van der Waals surface area contributed by atoms with E-state index in [9.17, 15) is 13.2 Å². The van der Waals surface area contributed by atoms with Crippen LogP contribution in [-0.2, 0) is 10.0 Å². The number of benzene rings is 1. The Morgan fingerprint density at radius 1 is 1.27 bits per heavy atom. The third kappa shape index (κ3) is 3.26. The molecule has 1 saturated carbocycles. The Morgan fingerprint density at radius 3 is 2.62 bits per heavy atom. The van der Waals surface area contributed by atoms with E-state index in [1.54, 1.807) is 6.20 Å². The first kappa shape index (κ1) is 17.2. The van der Waals surface area contributed by atoms with Gasteiger partial charge < -0.3 is 4.90 Å². The zero-order valence-electron chi connectivity index (χ0n) is 14.6. The lowest BCUT2D eigenvalue weighted by atomic mass is 9.92. The van der Waals surface area contributed by atoms with E-state index in [2.05, 4.69) is 14.9 Å². The summed E-state index contributed by atoms with van der Waals surface area (Å²) < 4.78 is 25.6. The average molecular weight is 374 g/mol. The summed E-state index contributed by atoms with van der Waals surface area (Å²) in [4.78, 5) is 14.8. The Labute approximate surface area is 152 Å². The van der Waals surface area contributed by atoms with Crippen molar-refractivity contribution in [3.63, 3.8) is 0 Å². The monoisotopic (exact) mass is 374 g/mol. The van der Waals surface area contributed by atoms with E-state index in [4.69, 9.17) is 0 Å². The van der Waals surface area contributed by atoms with Gasteiger partial charge in [0.15, 0.2) is 0 Å². The zero-order chi connectivity index (χ0) is 18.4. The van der Waals surface area contributed by atoms with Crippen LogP contribution in [0.3, 0.4) is 0 Å². The minimum Gasteiger partial charge on any atom is -0.338 e. The first-order valence-corrected chi connectivity index (χ1v) is 10.6. The summed E-state index contributed by atoms with van der Waals surface area (Å²) in [6.07, 6.45) is 5.29. The van der Waals surface area contributed by atoms with E-state index in [0.717, 1.165) is 30.5 Å². The predicted molar refractivity (Wildman–Crippen MR) is 98.0 cm³/mol. The molecular weight excluding hydrogens is 352 g/mol. The predicted octanol–water partition coefficient (Wildman–Crippen LogP) is 1.62. The van der Waals surface area contributed by atoms with Crippen molar-refractivity contribution in [3.05, 3.63) is 42.1 Å². The highest BCUT2D eigenvalue weighted by molar-refractivity contribution is 7.88. The van der Waals surface area contributed by atoms with E-state index in [1.807, 2.05) is 35.2 Å². The molecule has 1 spiro atoms. The van der Waals surface area contributed by atoms with Gasteiger partial charge in [-0.1, -0.05) is 30.3 Å². The minimum absolute atomic E-state index is 0.0172. The van der Waals surface area contributed by atoms with Crippen molar-refractivity contribution in [1.82, 2.24) is 19.8 Å². The van der Waals surface area contributed by atoms with Crippen LogP contribution in [0, 0.1) is 5.41 Å². The number of rotatable bonds is 4. The van der Waals surface area contributed by atoms with Crippen molar-refractivity contribution >= 4 is 15.9 Å². The van der Waals surface area contributed by atoms with E-state index in [0.29, 0.717) is 18.7 Å². The van der Waals surface area contributed by atoms with Gasteiger partial charge in [0.25, 0.3) is 5.91 Å². The van der Waals surface area contributed by atoms with Crippen LogP contribution < -0.4 is 4.72 Å². The first-order chi connectivity index (χ1) is 12.4. The molecule has 0 radical (unpaired) electrons. The van der Waals surface area contributed by atoms with Gasteiger partial charge in [-0.3, -0.25) is 9.89 Å². The number of aromatic nitrogens is 2. The molecule has 7 nitrogen and oxygen atoms in total. The lowest BCUT2D eigenvalue weighted by Gasteiger charge is -2.33. The maximum Gasteiger partial charge on any atom is 0.257 e. The quantitative estimate of drug-likeness (QED) is 0.850. The number of aromatic amines is 1. The number of piperidine rings is 1. The second-order valence-corrected chi connectivity index (χ2v) is 9.11. The van der Waals surface area contributed by atoms with Crippen LogP contribution in [0.5, 0.6) is 0 Å². The molecular formula is C18H22N4O3S. The molecule has 4 rings (SSSR count). The number of nitrogens with zero attached hydrogens (tertiary/aromatic N) is 2. The van der Waals surface area contributed by atoms with Crippen molar-refractivity contribution in [2.24, 2.45) is 5.41 Å². The van der Waals surface area contributed by atoms with Crippen molar-refractivity contribution < 1.29 is 13.2 Å². The molecule has 1 aliphatic carbocycles. The smallest absolute Gasteiger partial charge is 0.257 e. The number of hydrogen-bond donors (Lipinski definition) is 2. The normalized spacial score (nSPS) is 21.7.